The third kappa shape index (κ3) is 5.11. The highest BCUT2D eigenvalue weighted by atomic mass is 35.5. The van der Waals surface area contributed by atoms with Crippen molar-refractivity contribution < 1.29 is 9.53 Å². The van der Waals surface area contributed by atoms with Crippen molar-refractivity contribution >= 4 is 23.7 Å². The average Bonchev–Trinajstić information content (AvgIpc) is 2.50. The van der Waals surface area contributed by atoms with Gasteiger partial charge in [0.1, 0.15) is 5.75 Å². The van der Waals surface area contributed by atoms with Crippen LogP contribution >= 0.6 is 11.6 Å². The number of benzene rings is 2. The Balaban J connectivity index is 1.86. The average molecular weight is 331 g/mol. The second-order valence-corrected chi connectivity index (χ2v) is 5.75. The van der Waals surface area contributed by atoms with Crippen LogP contribution in [0.4, 0.5) is 0 Å². The van der Waals surface area contributed by atoms with Crippen LogP contribution in [0.15, 0.2) is 41.5 Å². The van der Waals surface area contributed by atoms with Crippen molar-refractivity contribution in [1.29, 1.82) is 0 Å². The minimum atomic E-state index is -0.320. The van der Waals surface area contributed by atoms with Crippen molar-refractivity contribution in [2.24, 2.45) is 5.10 Å². The van der Waals surface area contributed by atoms with Crippen LogP contribution in [-0.2, 0) is 4.79 Å². The summed E-state index contributed by atoms with van der Waals surface area (Å²) in [7, 11) is 0. The maximum atomic E-state index is 11.7. The molecular formula is C18H19ClN2O2. The Labute approximate surface area is 141 Å². The molecular weight excluding hydrogens is 312 g/mol. The first kappa shape index (κ1) is 17.0. The number of hydrogen-bond donors (Lipinski definition) is 1. The fourth-order valence-corrected chi connectivity index (χ4v) is 2.21. The monoisotopic (exact) mass is 330 g/mol. The molecule has 4 nitrogen and oxygen atoms in total. The molecule has 0 aliphatic heterocycles. The summed E-state index contributed by atoms with van der Waals surface area (Å²) >= 11 is 6.10. The van der Waals surface area contributed by atoms with Gasteiger partial charge in [-0.15, -0.1) is 0 Å². The number of nitrogens with zero attached hydrogens (tertiary/aromatic N) is 1. The van der Waals surface area contributed by atoms with E-state index in [4.69, 9.17) is 16.3 Å². The highest BCUT2D eigenvalue weighted by Gasteiger charge is 2.06. The SMILES string of the molecule is Cc1cccc(C=NNC(=O)COc2cc(C)c(Cl)c(C)c2)c1. The molecule has 0 heterocycles. The van der Waals surface area contributed by atoms with Gasteiger partial charge in [-0.25, -0.2) is 5.43 Å². The molecule has 2 aromatic rings. The lowest BCUT2D eigenvalue weighted by Gasteiger charge is -2.09. The fourth-order valence-electron chi connectivity index (χ4n) is 2.10. The zero-order valence-corrected chi connectivity index (χ0v) is 14.1. The summed E-state index contributed by atoms with van der Waals surface area (Å²) in [5.74, 6) is 0.293. The van der Waals surface area contributed by atoms with Crippen molar-refractivity contribution in [3.05, 3.63) is 63.7 Å². The molecule has 0 radical (unpaired) electrons. The molecule has 0 spiro atoms. The number of carbonyl (C=O) groups is 1. The molecule has 1 amide bonds. The number of hydrazone groups is 1. The van der Waals surface area contributed by atoms with Gasteiger partial charge in [0.05, 0.1) is 6.21 Å². The van der Waals surface area contributed by atoms with Gasteiger partial charge in [0.2, 0.25) is 0 Å². The van der Waals surface area contributed by atoms with Gasteiger partial charge >= 0.3 is 0 Å². The predicted molar refractivity (Wildman–Crippen MR) is 93.3 cm³/mol. The van der Waals surface area contributed by atoms with Gasteiger partial charge in [-0.2, -0.15) is 5.10 Å². The molecule has 0 saturated heterocycles. The molecule has 0 bridgehead atoms. The van der Waals surface area contributed by atoms with E-state index in [-0.39, 0.29) is 12.5 Å². The number of rotatable bonds is 5. The first-order valence-corrected chi connectivity index (χ1v) is 7.61. The number of aryl methyl sites for hydroxylation is 3. The fraction of sp³-hybridized carbons (Fsp3) is 0.222. The van der Waals surface area contributed by atoms with Crippen LogP contribution in [0.25, 0.3) is 0 Å². The van der Waals surface area contributed by atoms with E-state index in [1.54, 1.807) is 18.3 Å². The number of ether oxygens (including phenoxy) is 1. The second kappa shape index (κ2) is 7.79. The molecule has 0 fully saturated rings. The summed E-state index contributed by atoms with van der Waals surface area (Å²) in [6.45, 7) is 5.69. The lowest BCUT2D eigenvalue weighted by molar-refractivity contribution is -0.123. The van der Waals surface area contributed by atoms with E-state index in [1.165, 1.54) is 0 Å². The molecule has 0 aromatic heterocycles. The molecule has 2 rings (SSSR count). The molecule has 23 heavy (non-hydrogen) atoms. The third-order valence-electron chi connectivity index (χ3n) is 3.22. The van der Waals surface area contributed by atoms with Crippen molar-refractivity contribution in [2.45, 2.75) is 20.8 Å². The van der Waals surface area contributed by atoms with E-state index < -0.39 is 0 Å². The van der Waals surface area contributed by atoms with Crippen LogP contribution in [0, 0.1) is 20.8 Å². The van der Waals surface area contributed by atoms with Crippen LogP contribution in [0.5, 0.6) is 5.75 Å². The van der Waals surface area contributed by atoms with Gasteiger partial charge in [-0.1, -0.05) is 41.4 Å². The summed E-state index contributed by atoms with van der Waals surface area (Å²) in [5, 5.41) is 4.63. The van der Waals surface area contributed by atoms with E-state index in [1.807, 2.05) is 45.0 Å². The molecule has 0 aliphatic carbocycles. The van der Waals surface area contributed by atoms with E-state index in [0.29, 0.717) is 10.8 Å². The Morgan fingerprint density at radius 2 is 1.91 bits per heavy atom. The zero-order chi connectivity index (χ0) is 16.8. The molecule has 2 aromatic carbocycles. The molecule has 0 atom stereocenters. The Kier molecular flexibility index (Phi) is 5.77. The van der Waals surface area contributed by atoms with Crippen LogP contribution in [0.3, 0.4) is 0 Å². The topological polar surface area (TPSA) is 50.7 Å². The Morgan fingerprint density at radius 1 is 1.22 bits per heavy atom. The van der Waals surface area contributed by atoms with Gasteiger partial charge in [0.15, 0.2) is 6.61 Å². The highest BCUT2D eigenvalue weighted by Crippen LogP contribution is 2.25. The van der Waals surface area contributed by atoms with Gasteiger partial charge in [-0.3, -0.25) is 4.79 Å². The number of amides is 1. The Bertz CT molecular complexity index is 719. The van der Waals surface area contributed by atoms with Gasteiger partial charge < -0.3 is 4.74 Å². The van der Waals surface area contributed by atoms with Gasteiger partial charge in [-0.05, 0) is 49.6 Å². The van der Waals surface area contributed by atoms with Gasteiger partial charge in [0, 0.05) is 5.02 Å². The largest absolute Gasteiger partial charge is 0.484 e. The number of hydrogen-bond acceptors (Lipinski definition) is 3. The van der Waals surface area contributed by atoms with Crippen LogP contribution in [0.1, 0.15) is 22.3 Å². The maximum Gasteiger partial charge on any atom is 0.277 e. The van der Waals surface area contributed by atoms with Crippen molar-refractivity contribution in [2.75, 3.05) is 6.61 Å². The highest BCUT2D eigenvalue weighted by molar-refractivity contribution is 6.32. The first-order valence-electron chi connectivity index (χ1n) is 7.24. The number of halogens is 1. The summed E-state index contributed by atoms with van der Waals surface area (Å²) in [6, 6.07) is 11.4. The first-order chi connectivity index (χ1) is 11.0. The van der Waals surface area contributed by atoms with E-state index in [0.717, 1.165) is 22.3 Å². The second-order valence-electron chi connectivity index (χ2n) is 5.37. The molecule has 5 heteroatoms. The Morgan fingerprint density at radius 3 is 2.57 bits per heavy atom. The van der Waals surface area contributed by atoms with Crippen LogP contribution in [-0.4, -0.2) is 18.7 Å². The summed E-state index contributed by atoms with van der Waals surface area (Å²) in [5.41, 5.74) is 6.34. The minimum Gasteiger partial charge on any atom is -0.484 e. The smallest absolute Gasteiger partial charge is 0.277 e. The quantitative estimate of drug-likeness (QED) is 0.669. The minimum absolute atomic E-state index is 0.105. The number of carbonyl (C=O) groups excluding carboxylic acids is 1. The predicted octanol–water partition coefficient (Wildman–Crippen LogP) is 3.79. The summed E-state index contributed by atoms with van der Waals surface area (Å²) in [6.07, 6.45) is 1.60. The van der Waals surface area contributed by atoms with Crippen LogP contribution < -0.4 is 10.2 Å². The lowest BCUT2D eigenvalue weighted by atomic mass is 10.1. The van der Waals surface area contributed by atoms with E-state index in [2.05, 4.69) is 10.5 Å². The van der Waals surface area contributed by atoms with Gasteiger partial charge in [0.25, 0.3) is 5.91 Å². The summed E-state index contributed by atoms with van der Waals surface area (Å²) in [4.78, 5) is 11.7. The van der Waals surface area contributed by atoms with Crippen LogP contribution in [0.2, 0.25) is 5.02 Å². The van der Waals surface area contributed by atoms with Crippen molar-refractivity contribution in [3.8, 4) is 5.75 Å². The molecule has 0 unspecified atom stereocenters. The molecule has 120 valence electrons. The van der Waals surface area contributed by atoms with Crippen molar-refractivity contribution in [3.63, 3.8) is 0 Å². The maximum absolute atomic E-state index is 11.7. The Hall–Kier alpha value is -2.33. The van der Waals surface area contributed by atoms with E-state index in [9.17, 15) is 4.79 Å². The van der Waals surface area contributed by atoms with Crippen molar-refractivity contribution in [1.82, 2.24) is 5.43 Å². The molecule has 0 aliphatic rings. The van der Waals surface area contributed by atoms with E-state index >= 15 is 0 Å². The molecule has 0 saturated carbocycles. The summed E-state index contributed by atoms with van der Waals surface area (Å²) < 4.78 is 5.46. The zero-order valence-electron chi connectivity index (χ0n) is 13.4. The normalized spacial score (nSPS) is 10.8. The number of nitrogens with one attached hydrogen (secondary N) is 1. The third-order valence-corrected chi connectivity index (χ3v) is 3.82. The lowest BCUT2D eigenvalue weighted by Crippen LogP contribution is -2.24. The molecule has 1 N–H and O–H groups in total. The standard InChI is InChI=1S/C18H19ClN2O2/c1-12-5-4-6-15(7-12)10-20-21-17(22)11-23-16-8-13(2)18(19)14(3)9-16/h4-10H,11H2,1-3H3,(H,21,22).